The Balaban J connectivity index is 1.50. The first-order valence-electron chi connectivity index (χ1n) is 7.21. The van der Waals surface area contributed by atoms with E-state index in [-0.39, 0.29) is 0 Å². The molecule has 0 bridgehead atoms. The molecule has 1 aliphatic rings. The largest absolute Gasteiger partial charge is 0.399 e. The van der Waals surface area contributed by atoms with Crippen molar-refractivity contribution >= 4 is 32.4 Å². The first kappa shape index (κ1) is 12.7. The third-order valence-electron chi connectivity index (χ3n) is 3.95. The van der Waals surface area contributed by atoms with E-state index in [2.05, 4.69) is 10.3 Å². The Labute approximate surface area is 118 Å². The quantitative estimate of drug-likeness (QED) is 0.633. The summed E-state index contributed by atoms with van der Waals surface area (Å²) in [6, 6.07) is 5.90. The summed E-state index contributed by atoms with van der Waals surface area (Å²) in [4.78, 5) is 4.58. The molecule has 1 aromatic heterocycles. The van der Waals surface area contributed by atoms with E-state index in [4.69, 9.17) is 5.73 Å². The second-order valence-electron chi connectivity index (χ2n) is 5.47. The van der Waals surface area contributed by atoms with Crippen molar-refractivity contribution in [3.05, 3.63) is 18.2 Å². The number of nitrogen functional groups attached to an aromatic ring is 1. The average Bonchev–Trinajstić information content (AvgIpc) is 3.02. The number of nitrogens with two attached hydrogens (primary N) is 1. The van der Waals surface area contributed by atoms with Gasteiger partial charge in [0.25, 0.3) is 0 Å². The van der Waals surface area contributed by atoms with E-state index in [0.29, 0.717) is 0 Å². The summed E-state index contributed by atoms with van der Waals surface area (Å²) in [7, 11) is 0. The van der Waals surface area contributed by atoms with Crippen LogP contribution in [-0.2, 0) is 0 Å². The maximum atomic E-state index is 5.78. The van der Waals surface area contributed by atoms with Gasteiger partial charge in [0.05, 0.1) is 10.2 Å². The fourth-order valence-electron chi connectivity index (χ4n) is 2.90. The Kier molecular flexibility index (Phi) is 3.87. The monoisotopic (exact) mass is 275 g/mol. The van der Waals surface area contributed by atoms with Gasteiger partial charge in [-0.25, -0.2) is 4.98 Å². The van der Waals surface area contributed by atoms with Crippen LogP contribution in [0.15, 0.2) is 18.2 Å². The van der Waals surface area contributed by atoms with Crippen molar-refractivity contribution in [1.82, 2.24) is 4.98 Å². The molecule has 4 heteroatoms. The number of nitrogens with zero attached hydrogens (tertiary/aromatic N) is 1. The Morgan fingerprint density at radius 1 is 1.32 bits per heavy atom. The second-order valence-corrected chi connectivity index (χ2v) is 6.50. The van der Waals surface area contributed by atoms with Crippen LogP contribution in [0, 0.1) is 5.92 Å². The zero-order valence-corrected chi connectivity index (χ0v) is 12.0. The molecule has 0 amide bonds. The number of thiazole rings is 1. The number of hydrogen-bond donors (Lipinski definition) is 2. The van der Waals surface area contributed by atoms with Crippen molar-refractivity contribution in [3.8, 4) is 0 Å². The number of rotatable bonds is 5. The highest BCUT2D eigenvalue weighted by Crippen LogP contribution is 2.29. The van der Waals surface area contributed by atoms with Gasteiger partial charge in [0.1, 0.15) is 0 Å². The predicted octanol–water partition coefficient (Wildman–Crippen LogP) is 4.26. The van der Waals surface area contributed by atoms with Gasteiger partial charge in [0.2, 0.25) is 0 Å². The lowest BCUT2D eigenvalue weighted by Crippen LogP contribution is -2.03. The number of anilines is 2. The van der Waals surface area contributed by atoms with Crippen LogP contribution in [0.5, 0.6) is 0 Å². The molecule has 1 fully saturated rings. The zero-order valence-electron chi connectivity index (χ0n) is 11.2. The van der Waals surface area contributed by atoms with Crippen molar-refractivity contribution in [2.24, 2.45) is 5.92 Å². The normalized spacial score (nSPS) is 16.2. The summed E-state index contributed by atoms with van der Waals surface area (Å²) in [5.41, 5.74) is 7.63. The molecule has 0 saturated heterocycles. The molecule has 102 valence electrons. The summed E-state index contributed by atoms with van der Waals surface area (Å²) in [6.45, 7) is 1.03. The van der Waals surface area contributed by atoms with Crippen LogP contribution in [0.4, 0.5) is 10.8 Å². The van der Waals surface area contributed by atoms with Crippen LogP contribution in [-0.4, -0.2) is 11.5 Å². The molecule has 0 radical (unpaired) electrons. The summed E-state index contributed by atoms with van der Waals surface area (Å²) in [6.07, 6.45) is 8.39. The summed E-state index contributed by atoms with van der Waals surface area (Å²) in [5.74, 6) is 0.983. The lowest BCUT2D eigenvalue weighted by Gasteiger charge is -2.08. The average molecular weight is 275 g/mol. The van der Waals surface area contributed by atoms with Gasteiger partial charge in [0.15, 0.2) is 5.13 Å². The molecule has 3 nitrogen and oxygen atoms in total. The number of benzene rings is 1. The van der Waals surface area contributed by atoms with Gasteiger partial charge < -0.3 is 11.1 Å². The lowest BCUT2D eigenvalue weighted by molar-refractivity contribution is 0.491. The van der Waals surface area contributed by atoms with E-state index in [9.17, 15) is 0 Å². The van der Waals surface area contributed by atoms with Crippen molar-refractivity contribution in [2.45, 2.75) is 38.5 Å². The van der Waals surface area contributed by atoms with Gasteiger partial charge in [-0.1, -0.05) is 37.0 Å². The predicted molar refractivity (Wildman–Crippen MR) is 83.7 cm³/mol. The molecule has 2 aromatic rings. The van der Waals surface area contributed by atoms with Crippen LogP contribution in [0.2, 0.25) is 0 Å². The molecule has 0 spiro atoms. The minimum Gasteiger partial charge on any atom is -0.399 e. The van der Waals surface area contributed by atoms with Crippen LogP contribution >= 0.6 is 11.3 Å². The highest BCUT2D eigenvalue weighted by Gasteiger charge is 2.14. The first-order valence-corrected chi connectivity index (χ1v) is 8.03. The Morgan fingerprint density at radius 3 is 3.00 bits per heavy atom. The van der Waals surface area contributed by atoms with Crippen LogP contribution in [0.3, 0.4) is 0 Å². The van der Waals surface area contributed by atoms with Gasteiger partial charge in [-0.3, -0.25) is 0 Å². The zero-order chi connectivity index (χ0) is 13.1. The van der Waals surface area contributed by atoms with Crippen molar-refractivity contribution in [1.29, 1.82) is 0 Å². The van der Waals surface area contributed by atoms with E-state index in [1.54, 1.807) is 11.3 Å². The summed E-state index contributed by atoms with van der Waals surface area (Å²) >= 11 is 1.69. The molecule has 1 saturated carbocycles. The third-order valence-corrected chi connectivity index (χ3v) is 4.93. The van der Waals surface area contributed by atoms with E-state index >= 15 is 0 Å². The van der Waals surface area contributed by atoms with Crippen LogP contribution in [0.25, 0.3) is 10.2 Å². The molecule has 0 aliphatic heterocycles. The molecule has 1 heterocycles. The van der Waals surface area contributed by atoms with E-state index in [1.807, 2.05) is 18.2 Å². The molecule has 1 aromatic carbocycles. The van der Waals surface area contributed by atoms with Gasteiger partial charge in [-0.2, -0.15) is 0 Å². The van der Waals surface area contributed by atoms with Gasteiger partial charge in [0, 0.05) is 12.2 Å². The molecule has 0 unspecified atom stereocenters. The lowest BCUT2D eigenvalue weighted by atomic mass is 10.0. The van der Waals surface area contributed by atoms with Gasteiger partial charge >= 0.3 is 0 Å². The molecule has 0 atom stereocenters. The number of fused-ring (bicyclic) bond motifs is 1. The molecule has 1 aliphatic carbocycles. The smallest absolute Gasteiger partial charge is 0.183 e. The van der Waals surface area contributed by atoms with Crippen LogP contribution in [0.1, 0.15) is 38.5 Å². The summed E-state index contributed by atoms with van der Waals surface area (Å²) < 4.78 is 1.17. The maximum Gasteiger partial charge on any atom is 0.183 e. The minimum atomic E-state index is 0.809. The van der Waals surface area contributed by atoms with Crippen molar-refractivity contribution in [3.63, 3.8) is 0 Å². The van der Waals surface area contributed by atoms with Gasteiger partial charge in [-0.15, -0.1) is 0 Å². The topological polar surface area (TPSA) is 50.9 Å². The Bertz CT molecular complexity index is 543. The Morgan fingerprint density at radius 2 is 2.16 bits per heavy atom. The standard InChI is InChI=1S/C15H21N3S/c16-12-7-8-13-14(10-12)19-15(18-13)17-9-3-6-11-4-1-2-5-11/h7-8,10-11H,1-6,9,16H2,(H,17,18). The SMILES string of the molecule is Nc1ccc2nc(NCCCC3CCCC3)sc2c1. The molecular weight excluding hydrogens is 254 g/mol. The maximum absolute atomic E-state index is 5.78. The summed E-state index contributed by atoms with van der Waals surface area (Å²) in [5, 5.41) is 4.46. The molecule has 3 N–H and O–H groups in total. The minimum absolute atomic E-state index is 0.809. The number of hydrogen-bond acceptors (Lipinski definition) is 4. The first-order chi connectivity index (χ1) is 9.31. The Hall–Kier alpha value is -1.29. The highest BCUT2D eigenvalue weighted by molar-refractivity contribution is 7.22. The highest BCUT2D eigenvalue weighted by atomic mass is 32.1. The fraction of sp³-hybridized carbons (Fsp3) is 0.533. The van der Waals surface area contributed by atoms with E-state index in [0.717, 1.165) is 28.8 Å². The van der Waals surface area contributed by atoms with Crippen molar-refractivity contribution in [2.75, 3.05) is 17.6 Å². The molecular formula is C15H21N3S. The van der Waals surface area contributed by atoms with E-state index in [1.165, 1.54) is 43.2 Å². The number of nitrogens with one attached hydrogen (secondary N) is 1. The molecule has 19 heavy (non-hydrogen) atoms. The van der Waals surface area contributed by atoms with Crippen LogP contribution < -0.4 is 11.1 Å². The number of aromatic nitrogens is 1. The molecule has 3 rings (SSSR count). The van der Waals surface area contributed by atoms with E-state index < -0.39 is 0 Å². The second kappa shape index (κ2) is 5.78. The van der Waals surface area contributed by atoms with Gasteiger partial charge in [-0.05, 0) is 37.0 Å². The third kappa shape index (κ3) is 3.18. The fourth-order valence-corrected chi connectivity index (χ4v) is 3.84. The van der Waals surface area contributed by atoms with Crippen molar-refractivity contribution < 1.29 is 0 Å².